The molecule has 0 radical (unpaired) electrons. The fraction of sp³-hybridized carbons (Fsp3) is 0.136. The number of anilines is 1. The Morgan fingerprint density at radius 3 is 2.79 bits per heavy atom. The molecule has 5 rings (SSSR count). The lowest BCUT2D eigenvalue weighted by Gasteiger charge is -2.20. The first-order chi connectivity index (χ1) is 15.7. The van der Waals surface area contributed by atoms with Crippen LogP contribution in [-0.4, -0.2) is 26.2 Å². The van der Waals surface area contributed by atoms with Gasteiger partial charge in [0, 0.05) is 38.3 Å². The Morgan fingerprint density at radius 2 is 2.06 bits per heavy atom. The minimum Gasteiger partial charge on any atom is -0.618 e. The Labute approximate surface area is 201 Å². The second-order valence-corrected chi connectivity index (χ2v) is 9.50. The highest BCUT2D eigenvalue weighted by Crippen LogP contribution is 2.42. The van der Waals surface area contributed by atoms with Gasteiger partial charge in [-0.2, -0.15) is 4.73 Å². The van der Waals surface area contributed by atoms with Gasteiger partial charge in [-0.3, -0.25) is 0 Å². The molecule has 8 nitrogen and oxygen atoms in total. The van der Waals surface area contributed by atoms with Crippen LogP contribution in [0.5, 0.6) is 0 Å². The second kappa shape index (κ2) is 7.74. The van der Waals surface area contributed by atoms with E-state index in [4.69, 9.17) is 34.0 Å². The number of benzene rings is 1. The fourth-order valence-electron chi connectivity index (χ4n) is 4.17. The topological polar surface area (TPSA) is 139 Å². The van der Waals surface area contributed by atoms with Gasteiger partial charge in [-0.25, -0.2) is 9.78 Å². The summed E-state index contributed by atoms with van der Waals surface area (Å²) in [4.78, 5) is 18.6. The van der Waals surface area contributed by atoms with Crippen LogP contribution in [0.2, 0.25) is 10.2 Å². The number of carbonyl (C=O) groups is 1. The summed E-state index contributed by atoms with van der Waals surface area (Å²) >= 11 is 13.5. The van der Waals surface area contributed by atoms with Crippen molar-refractivity contribution in [3.63, 3.8) is 0 Å². The van der Waals surface area contributed by atoms with Gasteiger partial charge in [0.15, 0.2) is 12.0 Å². The molecule has 1 aromatic carbocycles. The summed E-state index contributed by atoms with van der Waals surface area (Å²) in [5.74, 6) is -0.936. The van der Waals surface area contributed by atoms with E-state index in [0.29, 0.717) is 49.8 Å². The van der Waals surface area contributed by atoms with Crippen LogP contribution in [0.25, 0.3) is 22.4 Å². The minimum atomic E-state index is -1.69. The minimum absolute atomic E-state index is 0.115. The number of nitrogen functional groups attached to an aromatic ring is 1. The normalized spacial score (nSPS) is 17.3. The molecule has 168 valence electrons. The molecule has 1 atom stereocenters. The van der Waals surface area contributed by atoms with Crippen LogP contribution < -0.4 is 10.5 Å². The molecule has 0 spiro atoms. The van der Waals surface area contributed by atoms with Crippen LogP contribution in [-0.2, 0) is 12.0 Å². The molecular weight excluding hydrogens is 487 g/mol. The van der Waals surface area contributed by atoms with Gasteiger partial charge < -0.3 is 26.1 Å². The molecule has 1 aliphatic rings. The summed E-state index contributed by atoms with van der Waals surface area (Å²) in [7, 11) is 0. The summed E-state index contributed by atoms with van der Waals surface area (Å²) in [6.45, 7) is 0. The Balaban J connectivity index is 1.57. The van der Waals surface area contributed by atoms with Crippen molar-refractivity contribution in [3.05, 3.63) is 79.3 Å². The summed E-state index contributed by atoms with van der Waals surface area (Å²) < 4.78 is 0.626. The predicted octanol–water partition coefficient (Wildman–Crippen LogP) is 4.21. The highest BCUT2D eigenvalue weighted by Gasteiger charge is 2.48. The zero-order chi connectivity index (χ0) is 23.5. The second-order valence-electron chi connectivity index (χ2n) is 7.77. The van der Waals surface area contributed by atoms with Crippen molar-refractivity contribution < 1.29 is 19.7 Å². The number of aromatic amines is 1. The third kappa shape index (κ3) is 3.53. The lowest BCUT2D eigenvalue weighted by atomic mass is 9.98. The number of carboxylic acids is 1. The van der Waals surface area contributed by atoms with E-state index in [1.807, 2.05) is 6.07 Å². The van der Waals surface area contributed by atoms with Crippen LogP contribution in [0.15, 0.2) is 41.9 Å². The molecule has 33 heavy (non-hydrogen) atoms. The summed E-state index contributed by atoms with van der Waals surface area (Å²) in [5.41, 5.74) is 7.69. The van der Waals surface area contributed by atoms with Gasteiger partial charge in [-0.05, 0) is 43.2 Å². The summed E-state index contributed by atoms with van der Waals surface area (Å²) in [6.07, 6.45) is 1.99. The van der Waals surface area contributed by atoms with Gasteiger partial charge in [-0.1, -0.05) is 23.2 Å². The van der Waals surface area contributed by atoms with Crippen molar-refractivity contribution in [1.29, 1.82) is 0 Å². The number of imidazole rings is 1. The third-order valence-electron chi connectivity index (χ3n) is 5.72. The van der Waals surface area contributed by atoms with Gasteiger partial charge in [0.1, 0.15) is 15.7 Å². The number of aliphatic hydroxyl groups is 1. The maximum absolute atomic E-state index is 13.1. The van der Waals surface area contributed by atoms with Crippen molar-refractivity contribution >= 4 is 46.2 Å². The largest absolute Gasteiger partial charge is 0.618 e. The molecule has 4 aromatic rings. The number of halogens is 2. The van der Waals surface area contributed by atoms with Crippen molar-refractivity contribution in [1.82, 2.24) is 9.97 Å². The average molecular weight is 503 g/mol. The summed E-state index contributed by atoms with van der Waals surface area (Å²) in [6, 6.07) is 8.30. The zero-order valence-electron chi connectivity index (χ0n) is 16.8. The molecule has 1 aliphatic carbocycles. The zero-order valence-corrected chi connectivity index (χ0v) is 19.1. The fourth-order valence-corrected chi connectivity index (χ4v) is 5.31. The first-order valence-electron chi connectivity index (χ1n) is 9.80. The highest BCUT2D eigenvalue weighted by molar-refractivity contribution is 7.12. The van der Waals surface area contributed by atoms with Gasteiger partial charge in [0.05, 0.1) is 0 Å². The Kier molecular flexibility index (Phi) is 5.09. The molecule has 0 fully saturated rings. The van der Waals surface area contributed by atoms with Crippen molar-refractivity contribution in [2.24, 2.45) is 0 Å². The molecule has 0 bridgehead atoms. The van der Waals surface area contributed by atoms with E-state index in [-0.39, 0.29) is 28.0 Å². The number of hydrogen-bond donors (Lipinski definition) is 4. The Morgan fingerprint density at radius 1 is 1.27 bits per heavy atom. The first-order valence-corrected chi connectivity index (χ1v) is 11.4. The predicted molar refractivity (Wildman–Crippen MR) is 125 cm³/mol. The SMILES string of the molecule is Nc1ccc(Cl)cc1-c1cc2c([n+]([O-])c1)C(O)(c1nc(-c3csc(C(=O)O)c3)c(Cl)[nH]1)CC2. The molecular formula is C22H16Cl2N4O4S. The maximum Gasteiger partial charge on any atom is 0.345 e. The summed E-state index contributed by atoms with van der Waals surface area (Å²) in [5, 5.41) is 36.0. The number of thiophene rings is 1. The van der Waals surface area contributed by atoms with Crippen LogP contribution >= 0.6 is 34.5 Å². The van der Waals surface area contributed by atoms with Crippen molar-refractivity contribution in [3.8, 4) is 22.4 Å². The Hall–Kier alpha value is -3.11. The number of nitrogens with one attached hydrogen (secondary N) is 1. The number of hydrogen-bond acceptors (Lipinski definition) is 6. The van der Waals surface area contributed by atoms with E-state index >= 15 is 0 Å². The number of fused-ring (bicyclic) bond motifs is 1. The average Bonchev–Trinajstić information content (AvgIpc) is 3.48. The molecule has 3 aromatic heterocycles. The highest BCUT2D eigenvalue weighted by atomic mass is 35.5. The van der Waals surface area contributed by atoms with Crippen LogP contribution in [0, 0.1) is 5.21 Å². The molecule has 0 aliphatic heterocycles. The van der Waals surface area contributed by atoms with E-state index in [0.717, 1.165) is 11.3 Å². The molecule has 0 amide bonds. The monoisotopic (exact) mass is 502 g/mol. The van der Waals surface area contributed by atoms with Gasteiger partial charge in [0.25, 0.3) is 0 Å². The molecule has 5 N–H and O–H groups in total. The number of H-pyrrole nitrogens is 1. The third-order valence-corrected chi connectivity index (χ3v) is 7.15. The quantitative estimate of drug-likeness (QED) is 0.187. The number of nitrogens with zero attached hydrogens (tertiary/aromatic N) is 2. The lowest BCUT2D eigenvalue weighted by Crippen LogP contribution is -2.42. The van der Waals surface area contributed by atoms with E-state index in [2.05, 4.69) is 9.97 Å². The standard InChI is InChI=1S/C22H16Cl2N4O4S/c23-13-1-2-15(25)14(7-13)11-5-10-3-4-22(31,18(10)28(32)8-11)21-26-17(19(24)27-21)12-6-16(20(29)30)33-9-12/h1-2,5-9,31H,3-4,25H2,(H,26,27)(H,29,30). The number of nitrogens with two attached hydrogens (primary N) is 1. The van der Waals surface area contributed by atoms with Gasteiger partial charge >= 0.3 is 5.97 Å². The number of aromatic carboxylic acids is 1. The van der Waals surface area contributed by atoms with Crippen molar-refractivity contribution in [2.45, 2.75) is 18.4 Å². The van der Waals surface area contributed by atoms with Gasteiger partial charge in [-0.15, -0.1) is 11.3 Å². The number of aromatic nitrogens is 3. The van der Waals surface area contributed by atoms with Crippen LogP contribution in [0.3, 0.4) is 0 Å². The van der Waals surface area contributed by atoms with E-state index in [1.165, 1.54) is 12.3 Å². The molecule has 1 unspecified atom stereocenters. The number of rotatable bonds is 4. The number of pyridine rings is 1. The van der Waals surface area contributed by atoms with Crippen molar-refractivity contribution in [2.75, 3.05) is 5.73 Å². The maximum atomic E-state index is 13.1. The molecule has 3 heterocycles. The number of aryl methyl sites for hydroxylation is 1. The first kappa shape index (κ1) is 21.7. The lowest BCUT2D eigenvalue weighted by molar-refractivity contribution is -0.620. The number of carboxylic acid groups (broad SMARTS) is 1. The molecule has 0 saturated heterocycles. The van der Waals surface area contributed by atoms with Gasteiger partial charge in [0.2, 0.25) is 11.3 Å². The smallest absolute Gasteiger partial charge is 0.345 e. The Bertz CT molecular complexity index is 1430. The van der Waals surface area contributed by atoms with Crippen LogP contribution in [0.4, 0.5) is 5.69 Å². The van der Waals surface area contributed by atoms with E-state index in [1.54, 1.807) is 23.6 Å². The molecule has 11 heteroatoms. The van der Waals surface area contributed by atoms with E-state index < -0.39 is 11.6 Å². The van der Waals surface area contributed by atoms with Crippen LogP contribution in [0.1, 0.15) is 33.2 Å². The molecule has 0 saturated carbocycles. The van der Waals surface area contributed by atoms with E-state index in [9.17, 15) is 15.1 Å².